The lowest BCUT2D eigenvalue weighted by Gasteiger charge is -2.35. The summed E-state index contributed by atoms with van der Waals surface area (Å²) in [7, 11) is 0. The van der Waals surface area contributed by atoms with Crippen molar-refractivity contribution in [2.75, 3.05) is 18.0 Å². The van der Waals surface area contributed by atoms with Gasteiger partial charge in [0.25, 0.3) is 0 Å². The lowest BCUT2D eigenvalue weighted by atomic mass is 10.1. The molecule has 0 aromatic carbocycles. The zero-order chi connectivity index (χ0) is 13.2. The van der Waals surface area contributed by atoms with E-state index in [9.17, 15) is 0 Å². The summed E-state index contributed by atoms with van der Waals surface area (Å²) in [6, 6.07) is 3.08. The van der Waals surface area contributed by atoms with Crippen LogP contribution in [0, 0.1) is 0 Å². The topological polar surface area (TPSA) is 56.8 Å². The molecule has 0 bridgehead atoms. The SMILES string of the molecule is CC1CN(c2n[nH]c(Cc3ccsc3)n2)CC(C)N1. The molecular weight excluding hydrogens is 258 g/mol. The van der Waals surface area contributed by atoms with Gasteiger partial charge in [0.15, 0.2) is 0 Å². The van der Waals surface area contributed by atoms with Gasteiger partial charge in [0.2, 0.25) is 5.95 Å². The van der Waals surface area contributed by atoms with Crippen LogP contribution in [0.5, 0.6) is 0 Å². The predicted octanol–water partition coefficient (Wildman–Crippen LogP) is 1.64. The number of aromatic nitrogens is 3. The largest absolute Gasteiger partial charge is 0.336 e. The molecule has 0 radical (unpaired) electrons. The molecular formula is C13H19N5S. The van der Waals surface area contributed by atoms with Crippen LogP contribution in [0.15, 0.2) is 16.8 Å². The van der Waals surface area contributed by atoms with Crippen LogP contribution in [0.4, 0.5) is 5.95 Å². The van der Waals surface area contributed by atoms with Gasteiger partial charge in [-0.05, 0) is 36.2 Å². The van der Waals surface area contributed by atoms with Gasteiger partial charge in [-0.25, -0.2) is 0 Å². The molecule has 1 saturated heterocycles. The van der Waals surface area contributed by atoms with Gasteiger partial charge >= 0.3 is 0 Å². The second kappa shape index (κ2) is 5.30. The first-order valence-corrected chi connectivity index (χ1v) is 7.58. The second-order valence-electron chi connectivity index (χ2n) is 5.26. The van der Waals surface area contributed by atoms with Crippen molar-refractivity contribution in [2.45, 2.75) is 32.4 Å². The van der Waals surface area contributed by atoms with Crippen LogP contribution in [-0.4, -0.2) is 40.4 Å². The van der Waals surface area contributed by atoms with Crippen molar-refractivity contribution in [3.63, 3.8) is 0 Å². The number of H-pyrrole nitrogens is 1. The minimum atomic E-state index is 0.475. The van der Waals surface area contributed by atoms with Gasteiger partial charge in [0.05, 0.1) is 0 Å². The Kier molecular flexibility index (Phi) is 3.52. The number of hydrogen-bond acceptors (Lipinski definition) is 5. The summed E-state index contributed by atoms with van der Waals surface area (Å²) < 4.78 is 0. The summed E-state index contributed by atoms with van der Waals surface area (Å²) in [6.07, 6.45) is 0.827. The standard InChI is InChI=1S/C13H19N5S/c1-9-6-18(7-10(2)14-9)13-15-12(16-17-13)5-11-3-4-19-8-11/h3-4,8-10,14H,5-7H2,1-2H3,(H,15,16,17). The molecule has 1 fully saturated rings. The second-order valence-corrected chi connectivity index (χ2v) is 6.04. The number of thiophene rings is 1. The van der Waals surface area contributed by atoms with Gasteiger partial charge in [-0.2, -0.15) is 16.3 Å². The van der Waals surface area contributed by atoms with E-state index in [1.807, 2.05) is 0 Å². The summed E-state index contributed by atoms with van der Waals surface area (Å²) in [5.41, 5.74) is 1.29. The van der Waals surface area contributed by atoms with Crippen LogP contribution in [0.1, 0.15) is 25.2 Å². The van der Waals surface area contributed by atoms with E-state index in [0.29, 0.717) is 12.1 Å². The molecule has 2 unspecified atom stereocenters. The van der Waals surface area contributed by atoms with Gasteiger partial charge in [0, 0.05) is 31.6 Å². The van der Waals surface area contributed by atoms with Gasteiger partial charge in [-0.3, -0.25) is 5.10 Å². The highest BCUT2D eigenvalue weighted by molar-refractivity contribution is 7.07. The van der Waals surface area contributed by atoms with E-state index in [1.165, 1.54) is 5.56 Å². The molecule has 0 aliphatic carbocycles. The smallest absolute Gasteiger partial charge is 0.244 e. The molecule has 19 heavy (non-hydrogen) atoms. The molecule has 0 amide bonds. The first kappa shape index (κ1) is 12.6. The Hall–Kier alpha value is -1.40. The van der Waals surface area contributed by atoms with E-state index in [1.54, 1.807) is 11.3 Å². The normalized spacial score (nSPS) is 23.8. The number of nitrogens with zero attached hydrogens (tertiary/aromatic N) is 3. The molecule has 0 spiro atoms. The summed E-state index contributed by atoms with van der Waals surface area (Å²) >= 11 is 1.71. The molecule has 102 valence electrons. The molecule has 0 saturated carbocycles. The highest BCUT2D eigenvalue weighted by Gasteiger charge is 2.23. The maximum Gasteiger partial charge on any atom is 0.244 e. The number of hydrogen-bond donors (Lipinski definition) is 2. The molecule has 3 rings (SSSR count). The zero-order valence-corrected chi connectivity index (χ0v) is 12.1. The van der Waals surface area contributed by atoms with Crippen molar-refractivity contribution < 1.29 is 0 Å². The highest BCUT2D eigenvalue weighted by Crippen LogP contribution is 2.15. The molecule has 2 aromatic heterocycles. The number of nitrogens with one attached hydrogen (secondary N) is 2. The van der Waals surface area contributed by atoms with Crippen LogP contribution < -0.4 is 10.2 Å². The van der Waals surface area contributed by atoms with E-state index in [0.717, 1.165) is 31.3 Å². The van der Waals surface area contributed by atoms with Crippen molar-refractivity contribution in [1.82, 2.24) is 20.5 Å². The van der Waals surface area contributed by atoms with Crippen LogP contribution in [0.2, 0.25) is 0 Å². The summed E-state index contributed by atoms with van der Waals surface area (Å²) in [5, 5.41) is 15.2. The number of piperazine rings is 1. The van der Waals surface area contributed by atoms with Crippen LogP contribution in [-0.2, 0) is 6.42 Å². The molecule has 2 N–H and O–H groups in total. The molecule has 2 aromatic rings. The van der Waals surface area contributed by atoms with Crippen molar-refractivity contribution >= 4 is 17.3 Å². The fraction of sp³-hybridized carbons (Fsp3) is 0.538. The highest BCUT2D eigenvalue weighted by atomic mass is 32.1. The quantitative estimate of drug-likeness (QED) is 0.895. The van der Waals surface area contributed by atoms with Crippen molar-refractivity contribution in [3.8, 4) is 0 Å². The zero-order valence-electron chi connectivity index (χ0n) is 11.3. The monoisotopic (exact) mass is 277 g/mol. The molecule has 6 heteroatoms. The van der Waals surface area contributed by atoms with E-state index < -0.39 is 0 Å². The summed E-state index contributed by atoms with van der Waals surface area (Å²) in [6.45, 7) is 6.31. The Morgan fingerprint density at radius 1 is 1.37 bits per heavy atom. The molecule has 5 nitrogen and oxygen atoms in total. The minimum absolute atomic E-state index is 0.475. The summed E-state index contributed by atoms with van der Waals surface area (Å²) in [5.74, 6) is 1.76. The van der Waals surface area contributed by atoms with Gasteiger partial charge in [-0.1, -0.05) is 0 Å². The minimum Gasteiger partial charge on any atom is -0.336 e. The summed E-state index contributed by atoms with van der Waals surface area (Å²) in [4.78, 5) is 6.86. The Morgan fingerprint density at radius 3 is 2.84 bits per heavy atom. The average Bonchev–Trinajstić information content (AvgIpc) is 2.99. The average molecular weight is 277 g/mol. The van der Waals surface area contributed by atoms with Crippen molar-refractivity contribution in [1.29, 1.82) is 0 Å². The first-order valence-electron chi connectivity index (χ1n) is 6.64. The molecule has 3 heterocycles. The van der Waals surface area contributed by atoms with Crippen molar-refractivity contribution in [2.24, 2.45) is 0 Å². The Balaban J connectivity index is 1.70. The predicted molar refractivity (Wildman–Crippen MR) is 77.8 cm³/mol. The molecule has 1 aliphatic rings. The lowest BCUT2D eigenvalue weighted by molar-refractivity contribution is 0.403. The number of anilines is 1. The third-order valence-corrected chi connectivity index (χ3v) is 4.04. The van der Waals surface area contributed by atoms with E-state index in [2.05, 4.69) is 56.1 Å². The fourth-order valence-corrected chi connectivity index (χ4v) is 3.25. The Morgan fingerprint density at radius 2 is 2.16 bits per heavy atom. The van der Waals surface area contributed by atoms with Crippen LogP contribution >= 0.6 is 11.3 Å². The Bertz CT molecular complexity index is 511. The van der Waals surface area contributed by atoms with E-state index in [4.69, 9.17) is 0 Å². The number of rotatable bonds is 3. The number of aromatic amines is 1. The third-order valence-electron chi connectivity index (χ3n) is 3.31. The fourth-order valence-electron chi connectivity index (χ4n) is 2.58. The van der Waals surface area contributed by atoms with Crippen LogP contribution in [0.3, 0.4) is 0 Å². The lowest BCUT2D eigenvalue weighted by Crippen LogP contribution is -2.54. The molecule has 1 aliphatic heterocycles. The maximum absolute atomic E-state index is 4.61. The van der Waals surface area contributed by atoms with Crippen molar-refractivity contribution in [3.05, 3.63) is 28.2 Å². The van der Waals surface area contributed by atoms with E-state index >= 15 is 0 Å². The maximum atomic E-state index is 4.61. The van der Waals surface area contributed by atoms with Gasteiger partial charge in [0.1, 0.15) is 5.82 Å². The first-order chi connectivity index (χ1) is 9.20. The molecule has 2 atom stereocenters. The third kappa shape index (κ3) is 2.96. The van der Waals surface area contributed by atoms with E-state index in [-0.39, 0.29) is 0 Å². The van der Waals surface area contributed by atoms with Gasteiger partial charge in [-0.15, -0.1) is 5.10 Å². The Labute approximate surface area is 117 Å². The van der Waals surface area contributed by atoms with Crippen LogP contribution in [0.25, 0.3) is 0 Å². The van der Waals surface area contributed by atoms with Gasteiger partial charge < -0.3 is 10.2 Å².